The fraction of sp³-hybridized carbons (Fsp3) is 0.600. The van der Waals surface area contributed by atoms with Crippen molar-refractivity contribution in [1.82, 2.24) is 9.46 Å². The molecule has 7 nitrogen and oxygen atoms in total. The molecule has 0 aliphatic heterocycles. The highest BCUT2D eigenvalue weighted by atomic mass is 32.2. The van der Waals surface area contributed by atoms with Gasteiger partial charge in [0.2, 0.25) is 10.0 Å². The van der Waals surface area contributed by atoms with E-state index in [9.17, 15) is 13.2 Å². The van der Waals surface area contributed by atoms with E-state index in [0.717, 1.165) is 4.31 Å². The SMILES string of the molecule is CCN(CCC(=O)O)S(=O)(=O)Cc1cc(C)on1. The lowest BCUT2D eigenvalue weighted by Crippen LogP contribution is -2.33. The van der Waals surface area contributed by atoms with Crippen LogP contribution in [0.4, 0.5) is 0 Å². The second-order valence-electron chi connectivity index (χ2n) is 3.82. The van der Waals surface area contributed by atoms with Crippen molar-refractivity contribution in [2.75, 3.05) is 13.1 Å². The molecule has 8 heteroatoms. The topological polar surface area (TPSA) is 101 Å². The van der Waals surface area contributed by atoms with Gasteiger partial charge in [0.05, 0.1) is 6.42 Å². The highest BCUT2D eigenvalue weighted by Crippen LogP contribution is 2.11. The molecule has 0 fully saturated rings. The van der Waals surface area contributed by atoms with E-state index in [1.807, 2.05) is 0 Å². The predicted octanol–water partition coefficient (Wildman–Crippen LogP) is 0.609. The zero-order valence-corrected chi connectivity index (χ0v) is 11.1. The van der Waals surface area contributed by atoms with Crippen molar-refractivity contribution in [2.24, 2.45) is 0 Å². The molecule has 0 aliphatic carbocycles. The van der Waals surface area contributed by atoms with Gasteiger partial charge in [0, 0.05) is 19.2 Å². The summed E-state index contributed by atoms with van der Waals surface area (Å²) in [5.41, 5.74) is 0.321. The van der Waals surface area contributed by atoms with Gasteiger partial charge in [0.15, 0.2) is 0 Å². The van der Waals surface area contributed by atoms with Gasteiger partial charge in [-0.2, -0.15) is 0 Å². The molecular weight excluding hydrogens is 260 g/mol. The molecule has 0 atom stereocenters. The van der Waals surface area contributed by atoms with Gasteiger partial charge in [0.25, 0.3) is 0 Å². The summed E-state index contributed by atoms with van der Waals surface area (Å²) in [6, 6.07) is 1.54. The summed E-state index contributed by atoms with van der Waals surface area (Å²) in [5, 5.41) is 12.2. The lowest BCUT2D eigenvalue weighted by Gasteiger charge is -2.18. The first-order valence-corrected chi connectivity index (χ1v) is 7.08. The number of hydrogen-bond acceptors (Lipinski definition) is 5. The smallest absolute Gasteiger partial charge is 0.304 e. The van der Waals surface area contributed by atoms with E-state index in [4.69, 9.17) is 9.63 Å². The summed E-state index contributed by atoms with van der Waals surface area (Å²) in [4.78, 5) is 10.5. The number of rotatable bonds is 7. The molecule has 102 valence electrons. The summed E-state index contributed by atoms with van der Waals surface area (Å²) >= 11 is 0. The number of aryl methyl sites for hydroxylation is 1. The molecule has 0 aliphatic rings. The van der Waals surface area contributed by atoms with Gasteiger partial charge in [-0.3, -0.25) is 4.79 Å². The van der Waals surface area contributed by atoms with Gasteiger partial charge in [0.1, 0.15) is 17.2 Å². The summed E-state index contributed by atoms with van der Waals surface area (Å²) in [6.45, 7) is 3.52. The number of aromatic nitrogens is 1. The van der Waals surface area contributed by atoms with Gasteiger partial charge >= 0.3 is 5.97 Å². The molecule has 0 spiro atoms. The predicted molar refractivity (Wildman–Crippen MR) is 63.4 cm³/mol. The maximum atomic E-state index is 12.0. The van der Waals surface area contributed by atoms with Gasteiger partial charge in [-0.1, -0.05) is 12.1 Å². The Morgan fingerprint density at radius 1 is 1.56 bits per heavy atom. The maximum Gasteiger partial charge on any atom is 0.304 e. The van der Waals surface area contributed by atoms with Crippen LogP contribution in [0.1, 0.15) is 24.8 Å². The standard InChI is InChI=1S/C10H16N2O5S/c1-3-12(5-4-10(13)14)18(15,16)7-9-6-8(2)17-11-9/h6H,3-5,7H2,1-2H3,(H,13,14). The average Bonchev–Trinajstić information content (AvgIpc) is 2.63. The van der Waals surface area contributed by atoms with Crippen molar-refractivity contribution in [3.63, 3.8) is 0 Å². The van der Waals surface area contributed by atoms with E-state index < -0.39 is 16.0 Å². The first-order chi connectivity index (χ1) is 8.35. The normalized spacial score (nSPS) is 11.9. The zero-order valence-electron chi connectivity index (χ0n) is 10.3. The van der Waals surface area contributed by atoms with Crippen molar-refractivity contribution in [1.29, 1.82) is 0 Å². The lowest BCUT2D eigenvalue weighted by molar-refractivity contribution is -0.137. The fourth-order valence-corrected chi connectivity index (χ4v) is 2.93. The highest BCUT2D eigenvalue weighted by Gasteiger charge is 2.23. The molecule has 0 bridgehead atoms. The Morgan fingerprint density at radius 3 is 2.67 bits per heavy atom. The molecule has 1 N–H and O–H groups in total. The van der Waals surface area contributed by atoms with Crippen LogP contribution < -0.4 is 0 Å². The van der Waals surface area contributed by atoms with E-state index in [-0.39, 0.29) is 25.3 Å². The summed E-state index contributed by atoms with van der Waals surface area (Å²) in [6.07, 6.45) is -0.217. The number of carbonyl (C=O) groups is 1. The number of aliphatic carboxylic acids is 1. The molecule has 0 aromatic carbocycles. The van der Waals surface area contributed by atoms with Crippen molar-refractivity contribution >= 4 is 16.0 Å². The fourth-order valence-electron chi connectivity index (χ4n) is 1.48. The number of hydrogen-bond donors (Lipinski definition) is 1. The molecular formula is C10H16N2O5S. The molecule has 0 amide bonds. The molecule has 0 unspecified atom stereocenters. The van der Waals surface area contributed by atoms with E-state index in [2.05, 4.69) is 5.16 Å². The van der Waals surface area contributed by atoms with Gasteiger partial charge in [-0.25, -0.2) is 12.7 Å². The summed E-state index contributed by atoms with van der Waals surface area (Å²) in [7, 11) is -3.56. The number of carboxylic acid groups (broad SMARTS) is 1. The Kier molecular flexibility index (Phi) is 4.85. The van der Waals surface area contributed by atoms with Crippen LogP contribution in [-0.4, -0.2) is 42.0 Å². The van der Waals surface area contributed by atoms with Crippen LogP contribution in [0.25, 0.3) is 0 Å². The van der Waals surface area contributed by atoms with Crippen LogP contribution in [0, 0.1) is 6.92 Å². The monoisotopic (exact) mass is 276 g/mol. The molecule has 0 saturated heterocycles. The minimum atomic E-state index is -3.56. The molecule has 1 aromatic heterocycles. The largest absolute Gasteiger partial charge is 0.481 e. The molecule has 1 heterocycles. The van der Waals surface area contributed by atoms with Crippen LogP contribution in [-0.2, 0) is 20.6 Å². The average molecular weight is 276 g/mol. The number of nitrogens with zero attached hydrogens (tertiary/aromatic N) is 2. The quantitative estimate of drug-likeness (QED) is 0.783. The molecule has 0 radical (unpaired) electrons. The molecule has 18 heavy (non-hydrogen) atoms. The van der Waals surface area contributed by atoms with E-state index in [0.29, 0.717) is 11.5 Å². The molecule has 1 aromatic rings. The van der Waals surface area contributed by atoms with Crippen LogP contribution in [0.15, 0.2) is 10.6 Å². The summed E-state index contributed by atoms with van der Waals surface area (Å²) in [5.74, 6) is -0.771. The van der Waals surface area contributed by atoms with Gasteiger partial charge < -0.3 is 9.63 Å². The lowest BCUT2D eigenvalue weighted by atomic mass is 10.4. The third-order valence-corrected chi connectivity index (χ3v) is 4.22. The van der Waals surface area contributed by atoms with Crippen molar-refractivity contribution in [3.05, 3.63) is 17.5 Å². The van der Waals surface area contributed by atoms with Crippen molar-refractivity contribution in [3.8, 4) is 0 Å². The van der Waals surface area contributed by atoms with Crippen molar-refractivity contribution in [2.45, 2.75) is 26.0 Å². The molecule has 1 rings (SSSR count). The first kappa shape index (κ1) is 14.7. The van der Waals surface area contributed by atoms with Gasteiger partial charge in [-0.15, -0.1) is 0 Å². The minimum Gasteiger partial charge on any atom is -0.481 e. The Balaban J connectivity index is 2.73. The Hall–Kier alpha value is -1.41. The number of carboxylic acids is 1. The Bertz CT molecular complexity index is 508. The van der Waals surface area contributed by atoms with E-state index >= 15 is 0 Å². The first-order valence-electron chi connectivity index (χ1n) is 5.47. The summed E-state index contributed by atoms with van der Waals surface area (Å²) < 4.78 is 29.9. The van der Waals surface area contributed by atoms with Crippen molar-refractivity contribution < 1.29 is 22.8 Å². The van der Waals surface area contributed by atoms with Crippen LogP contribution in [0.2, 0.25) is 0 Å². The second-order valence-corrected chi connectivity index (χ2v) is 5.79. The third kappa shape index (κ3) is 4.11. The van der Waals surface area contributed by atoms with E-state index in [1.54, 1.807) is 19.9 Å². The second kappa shape index (κ2) is 5.96. The van der Waals surface area contributed by atoms with Crippen LogP contribution in [0.3, 0.4) is 0 Å². The van der Waals surface area contributed by atoms with Crippen LogP contribution >= 0.6 is 0 Å². The van der Waals surface area contributed by atoms with Crippen LogP contribution in [0.5, 0.6) is 0 Å². The third-order valence-electron chi connectivity index (χ3n) is 2.33. The maximum absolute atomic E-state index is 12.0. The highest BCUT2D eigenvalue weighted by molar-refractivity contribution is 7.88. The van der Waals surface area contributed by atoms with E-state index in [1.165, 1.54) is 0 Å². The minimum absolute atomic E-state index is 0.0367. The van der Waals surface area contributed by atoms with Gasteiger partial charge in [-0.05, 0) is 6.92 Å². The zero-order chi connectivity index (χ0) is 13.8. The molecule has 0 saturated carbocycles. The Morgan fingerprint density at radius 2 is 2.22 bits per heavy atom. The number of sulfonamides is 1. The Labute approximate surface area is 105 Å².